The van der Waals surface area contributed by atoms with Gasteiger partial charge in [-0.25, -0.2) is 0 Å². The molecule has 1 saturated heterocycles. The van der Waals surface area contributed by atoms with Crippen LogP contribution in [-0.2, 0) is 19.5 Å². The molecule has 1 unspecified atom stereocenters. The maximum absolute atomic E-state index is 4.41. The summed E-state index contributed by atoms with van der Waals surface area (Å²) in [6, 6.07) is 0.673. The fourth-order valence-corrected chi connectivity index (χ4v) is 3.12. The Morgan fingerprint density at radius 1 is 1.39 bits per heavy atom. The molecule has 0 aliphatic carbocycles. The van der Waals surface area contributed by atoms with Crippen molar-refractivity contribution in [1.82, 2.24) is 25.0 Å². The Balaban J connectivity index is 1.72. The second-order valence-corrected chi connectivity index (χ2v) is 5.35. The SMILES string of the molecule is CCN(Cc1nnc2n1CCCC2)C1CCNC1. The molecule has 5 nitrogen and oxygen atoms in total. The van der Waals surface area contributed by atoms with Crippen molar-refractivity contribution < 1.29 is 0 Å². The minimum atomic E-state index is 0.673. The third-order valence-corrected chi connectivity index (χ3v) is 4.24. The largest absolute Gasteiger partial charge is 0.315 e. The lowest BCUT2D eigenvalue weighted by Gasteiger charge is -2.27. The third kappa shape index (κ3) is 2.29. The standard InChI is InChI=1S/C13H23N5/c1-2-17(11-6-7-14-9-11)10-13-16-15-12-5-3-4-8-18(12)13/h11,14H,2-10H2,1H3. The Morgan fingerprint density at radius 2 is 2.33 bits per heavy atom. The summed E-state index contributed by atoms with van der Waals surface area (Å²) < 4.78 is 2.34. The lowest BCUT2D eigenvalue weighted by Crippen LogP contribution is -2.37. The van der Waals surface area contributed by atoms with E-state index in [0.29, 0.717) is 6.04 Å². The first-order valence-electron chi connectivity index (χ1n) is 7.24. The Kier molecular flexibility index (Phi) is 3.61. The van der Waals surface area contributed by atoms with Crippen molar-refractivity contribution in [3.8, 4) is 0 Å². The van der Waals surface area contributed by atoms with Gasteiger partial charge in [-0.1, -0.05) is 6.92 Å². The van der Waals surface area contributed by atoms with E-state index < -0.39 is 0 Å². The highest BCUT2D eigenvalue weighted by atomic mass is 15.3. The van der Waals surface area contributed by atoms with Gasteiger partial charge >= 0.3 is 0 Å². The third-order valence-electron chi connectivity index (χ3n) is 4.24. The van der Waals surface area contributed by atoms with Crippen LogP contribution in [0.5, 0.6) is 0 Å². The quantitative estimate of drug-likeness (QED) is 0.857. The van der Waals surface area contributed by atoms with Crippen LogP contribution in [0.3, 0.4) is 0 Å². The Bertz CT molecular complexity index is 394. The van der Waals surface area contributed by atoms with Crippen LogP contribution in [0.1, 0.15) is 37.8 Å². The first-order valence-corrected chi connectivity index (χ1v) is 7.24. The average molecular weight is 249 g/mol. The summed E-state index contributed by atoms with van der Waals surface area (Å²) in [5, 5.41) is 12.2. The van der Waals surface area contributed by atoms with Gasteiger partial charge in [0.2, 0.25) is 0 Å². The normalized spacial score (nSPS) is 23.6. The van der Waals surface area contributed by atoms with E-state index >= 15 is 0 Å². The highest BCUT2D eigenvalue weighted by Gasteiger charge is 2.24. The van der Waals surface area contributed by atoms with Gasteiger partial charge in [-0.15, -0.1) is 10.2 Å². The van der Waals surface area contributed by atoms with Gasteiger partial charge in [-0.3, -0.25) is 4.90 Å². The van der Waals surface area contributed by atoms with Gasteiger partial charge < -0.3 is 9.88 Å². The molecule has 3 heterocycles. The van der Waals surface area contributed by atoms with Crippen LogP contribution in [-0.4, -0.2) is 45.3 Å². The van der Waals surface area contributed by atoms with Crippen molar-refractivity contribution in [1.29, 1.82) is 0 Å². The van der Waals surface area contributed by atoms with Crippen molar-refractivity contribution in [3.63, 3.8) is 0 Å². The molecule has 0 saturated carbocycles. The number of aryl methyl sites for hydroxylation is 1. The van der Waals surface area contributed by atoms with Crippen LogP contribution in [0.25, 0.3) is 0 Å². The maximum atomic E-state index is 4.41. The highest BCUT2D eigenvalue weighted by Crippen LogP contribution is 2.17. The molecule has 1 N–H and O–H groups in total. The first-order chi connectivity index (χ1) is 8.88. The maximum Gasteiger partial charge on any atom is 0.147 e. The van der Waals surface area contributed by atoms with E-state index in [1.807, 2.05) is 0 Å². The van der Waals surface area contributed by atoms with E-state index in [0.717, 1.165) is 39.1 Å². The van der Waals surface area contributed by atoms with Crippen LogP contribution >= 0.6 is 0 Å². The molecule has 1 atom stereocenters. The lowest BCUT2D eigenvalue weighted by atomic mass is 10.1. The number of nitrogens with one attached hydrogen (secondary N) is 1. The van der Waals surface area contributed by atoms with Crippen LogP contribution < -0.4 is 5.32 Å². The van der Waals surface area contributed by atoms with Crippen molar-refractivity contribution >= 4 is 0 Å². The fraction of sp³-hybridized carbons (Fsp3) is 0.846. The minimum Gasteiger partial charge on any atom is -0.315 e. The van der Waals surface area contributed by atoms with E-state index in [2.05, 4.69) is 31.9 Å². The van der Waals surface area contributed by atoms with Crippen molar-refractivity contribution in [2.75, 3.05) is 19.6 Å². The molecule has 5 heteroatoms. The van der Waals surface area contributed by atoms with E-state index in [4.69, 9.17) is 0 Å². The van der Waals surface area contributed by atoms with Crippen molar-refractivity contribution in [2.45, 2.75) is 51.7 Å². The Morgan fingerprint density at radius 3 is 3.11 bits per heavy atom. The molecule has 1 aromatic heterocycles. The smallest absolute Gasteiger partial charge is 0.147 e. The second-order valence-electron chi connectivity index (χ2n) is 5.35. The van der Waals surface area contributed by atoms with Gasteiger partial charge in [0.15, 0.2) is 0 Å². The highest BCUT2D eigenvalue weighted by molar-refractivity contribution is 4.99. The van der Waals surface area contributed by atoms with Gasteiger partial charge in [-0.05, 0) is 32.4 Å². The summed E-state index contributed by atoms with van der Waals surface area (Å²) in [5.74, 6) is 2.36. The summed E-state index contributed by atoms with van der Waals surface area (Å²) >= 11 is 0. The molecule has 2 aliphatic heterocycles. The Labute approximate surface area is 109 Å². The van der Waals surface area contributed by atoms with Crippen LogP contribution in [0.4, 0.5) is 0 Å². The number of fused-ring (bicyclic) bond motifs is 1. The zero-order chi connectivity index (χ0) is 12.4. The van der Waals surface area contributed by atoms with Gasteiger partial charge in [0.25, 0.3) is 0 Å². The number of aromatic nitrogens is 3. The Hall–Kier alpha value is -0.940. The second kappa shape index (κ2) is 5.36. The van der Waals surface area contributed by atoms with E-state index in [9.17, 15) is 0 Å². The molecule has 0 aromatic carbocycles. The van der Waals surface area contributed by atoms with E-state index in [1.54, 1.807) is 0 Å². The summed E-state index contributed by atoms with van der Waals surface area (Å²) in [5.41, 5.74) is 0. The molecule has 1 aromatic rings. The van der Waals surface area contributed by atoms with Crippen LogP contribution in [0.2, 0.25) is 0 Å². The number of hydrogen-bond acceptors (Lipinski definition) is 4. The summed E-state index contributed by atoms with van der Waals surface area (Å²) in [6.45, 7) is 7.67. The molecule has 18 heavy (non-hydrogen) atoms. The van der Waals surface area contributed by atoms with Gasteiger partial charge in [0.1, 0.15) is 11.6 Å². The molecule has 0 spiro atoms. The lowest BCUT2D eigenvalue weighted by molar-refractivity contribution is 0.201. The first kappa shape index (κ1) is 12.1. The summed E-state index contributed by atoms with van der Waals surface area (Å²) in [7, 11) is 0. The fourth-order valence-electron chi connectivity index (χ4n) is 3.12. The molecular formula is C13H23N5. The van der Waals surface area contributed by atoms with Crippen LogP contribution in [0, 0.1) is 0 Å². The molecule has 2 aliphatic rings. The van der Waals surface area contributed by atoms with Crippen molar-refractivity contribution in [2.24, 2.45) is 0 Å². The molecule has 0 radical (unpaired) electrons. The number of likely N-dealkylation sites (N-methyl/N-ethyl adjacent to an activating group) is 1. The number of rotatable bonds is 4. The molecule has 0 amide bonds. The average Bonchev–Trinajstić information content (AvgIpc) is 3.06. The molecule has 0 bridgehead atoms. The van der Waals surface area contributed by atoms with Gasteiger partial charge in [-0.2, -0.15) is 0 Å². The zero-order valence-corrected chi connectivity index (χ0v) is 11.2. The zero-order valence-electron chi connectivity index (χ0n) is 11.2. The van der Waals surface area contributed by atoms with E-state index in [-0.39, 0.29) is 0 Å². The molecule has 3 rings (SSSR count). The molecular weight excluding hydrogens is 226 g/mol. The topological polar surface area (TPSA) is 46.0 Å². The molecule has 1 fully saturated rings. The van der Waals surface area contributed by atoms with Crippen LogP contribution in [0.15, 0.2) is 0 Å². The number of hydrogen-bond donors (Lipinski definition) is 1. The minimum absolute atomic E-state index is 0.673. The molecule has 100 valence electrons. The predicted molar refractivity (Wildman–Crippen MR) is 70.3 cm³/mol. The van der Waals surface area contributed by atoms with Crippen molar-refractivity contribution in [3.05, 3.63) is 11.6 Å². The predicted octanol–water partition coefficient (Wildman–Crippen LogP) is 0.798. The van der Waals surface area contributed by atoms with E-state index in [1.165, 1.54) is 30.9 Å². The van der Waals surface area contributed by atoms with Gasteiger partial charge in [0.05, 0.1) is 6.54 Å². The monoisotopic (exact) mass is 249 g/mol. The van der Waals surface area contributed by atoms with Gasteiger partial charge in [0, 0.05) is 25.6 Å². The summed E-state index contributed by atoms with van der Waals surface area (Å²) in [4.78, 5) is 2.53. The summed E-state index contributed by atoms with van der Waals surface area (Å²) in [6.07, 6.45) is 4.90. The number of nitrogens with zero attached hydrogens (tertiary/aromatic N) is 4.